The number of hydrogen-bond donors (Lipinski definition) is 2. The number of aliphatic carboxylic acids is 1. The second-order valence-corrected chi connectivity index (χ2v) is 3.25. The monoisotopic (exact) mass is 246 g/mol. The van der Waals surface area contributed by atoms with Crippen molar-refractivity contribution in [2.75, 3.05) is 7.11 Å². The van der Waals surface area contributed by atoms with E-state index < -0.39 is 24.4 Å². The van der Waals surface area contributed by atoms with E-state index in [1.165, 1.54) is 13.2 Å². The predicted octanol–water partition coefficient (Wildman–Crippen LogP) is 1.11. The minimum absolute atomic E-state index is 0.0203. The van der Waals surface area contributed by atoms with Crippen LogP contribution in [-0.2, 0) is 17.8 Å². The van der Waals surface area contributed by atoms with Gasteiger partial charge < -0.3 is 15.6 Å². The van der Waals surface area contributed by atoms with Gasteiger partial charge in [-0.3, -0.25) is 9.78 Å². The normalized spacial score (nSPS) is 10.6. The Morgan fingerprint density at radius 1 is 1.65 bits per heavy atom. The van der Waals surface area contributed by atoms with Crippen LogP contribution in [0.2, 0.25) is 0 Å². The molecule has 0 amide bonds. The fraction of sp³-hybridized carbons (Fsp3) is 0.400. The first-order valence-corrected chi connectivity index (χ1v) is 4.76. The van der Waals surface area contributed by atoms with Crippen LogP contribution in [0.1, 0.15) is 23.4 Å². The number of aromatic nitrogens is 1. The molecule has 1 rings (SSSR count). The summed E-state index contributed by atoms with van der Waals surface area (Å²) in [5.74, 6) is -1.33. The van der Waals surface area contributed by atoms with Crippen LogP contribution in [0, 0.1) is 0 Å². The molecule has 7 heteroatoms. The zero-order valence-electron chi connectivity index (χ0n) is 9.11. The first-order valence-electron chi connectivity index (χ1n) is 4.76. The van der Waals surface area contributed by atoms with Crippen molar-refractivity contribution >= 4 is 5.97 Å². The van der Waals surface area contributed by atoms with Gasteiger partial charge in [-0.05, 0) is 0 Å². The van der Waals surface area contributed by atoms with E-state index >= 15 is 0 Å². The van der Waals surface area contributed by atoms with Crippen molar-refractivity contribution < 1.29 is 23.4 Å². The van der Waals surface area contributed by atoms with Gasteiger partial charge in [0.25, 0.3) is 6.43 Å². The van der Waals surface area contributed by atoms with Crippen LogP contribution in [-0.4, -0.2) is 23.2 Å². The molecule has 0 unspecified atom stereocenters. The van der Waals surface area contributed by atoms with Gasteiger partial charge in [0.15, 0.2) is 0 Å². The molecule has 0 aliphatic heterocycles. The number of carbonyl (C=O) groups is 1. The molecule has 0 saturated carbocycles. The molecule has 0 radical (unpaired) electrons. The second-order valence-electron chi connectivity index (χ2n) is 3.25. The van der Waals surface area contributed by atoms with E-state index in [0.717, 1.165) is 0 Å². The number of hydrogen-bond acceptors (Lipinski definition) is 4. The van der Waals surface area contributed by atoms with Crippen LogP contribution >= 0.6 is 0 Å². The number of pyridine rings is 1. The van der Waals surface area contributed by atoms with Gasteiger partial charge in [-0.25, -0.2) is 8.78 Å². The number of nitrogens with two attached hydrogens (primary N) is 1. The number of nitrogens with zero attached hydrogens (tertiary/aromatic N) is 1. The van der Waals surface area contributed by atoms with E-state index in [9.17, 15) is 13.6 Å². The van der Waals surface area contributed by atoms with E-state index in [1.54, 1.807) is 0 Å². The number of methoxy groups -OCH3 is 1. The first kappa shape index (κ1) is 13.3. The fourth-order valence-corrected chi connectivity index (χ4v) is 1.42. The highest BCUT2D eigenvalue weighted by molar-refractivity contribution is 5.70. The summed E-state index contributed by atoms with van der Waals surface area (Å²) in [4.78, 5) is 14.4. The fourth-order valence-electron chi connectivity index (χ4n) is 1.42. The number of carboxylic acids is 1. The smallest absolute Gasteiger partial charge is 0.309 e. The number of alkyl halides is 2. The summed E-state index contributed by atoms with van der Waals surface area (Å²) in [6.07, 6.45) is -3.44. The molecule has 0 aliphatic rings. The molecule has 5 nitrogen and oxygen atoms in total. The molecule has 1 aromatic heterocycles. The molecule has 0 fully saturated rings. The minimum atomic E-state index is -2.85. The Morgan fingerprint density at radius 2 is 2.29 bits per heavy atom. The average molecular weight is 246 g/mol. The maximum atomic E-state index is 12.8. The van der Waals surface area contributed by atoms with Crippen LogP contribution in [0.15, 0.2) is 6.07 Å². The first-order chi connectivity index (χ1) is 7.99. The molecule has 0 bridgehead atoms. The highest BCUT2D eigenvalue weighted by atomic mass is 19.3. The Bertz CT molecular complexity index is 424. The SMILES string of the molecule is COc1cc(CN)nc(CC(=O)O)c1C(F)F. The molecular formula is C10H12F2N2O3. The van der Waals surface area contributed by atoms with Crippen molar-refractivity contribution in [1.29, 1.82) is 0 Å². The van der Waals surface area contributed by atoms with Gasteiger partial charge in [-0.2, -0.15) is 0 Å². The quantitative estimate of drug-likeness (QED) is 0.812. The molecule has 0 spiro atoms. The van der Waals surface area contributed by atoms with E-state index in [2.05, 4.69) is 4.98 Å². The summed E-state index contributed by atoms with van der Waals surface area (Å²) in [5.41, 5.74) is 4.95. The lowest BCUT2D eigenvalue weighted by Gasteiger charge is -2.13. The van der Waals surface area contributed by atoms with E-state index in [0.29, 0.717) is 5.69 Å². The van der Waals surface area contributed by atoms with Crippen LogP contribution in [0.25, 0.3) is 0 Å². The summed E-state index contributed by atoms with van der Waals surface area (Å²) in [6, 6.07) is 1.28. The van der Waals surface area contributed by atoms with Crippen molar-refractivity contribution in [1.82, 2.24) is 4.98 Å². The molecule has 0 saturated heterocycles. The largest absolute Gasteiger partial charge is 0.496 e. The summed E-state index contributed by atoms with van der Waals surface area (Å²) < 4.78 is 30.4. The third-order valence-corrected chi connectivity index (χ3v) is 2.12. The lowest BCUT2D eigenvalue weighted by molar-refractivity contribution is -0.136. The summed E-state index contributed by atoms with van der Waals surface area (Å²) in [7, 11) is 1.23. The minimum Gasteiger partial charge on any atom is -0.496 e. The van der Waals surface area contributed by atoms with Crippen LogP contribution in [0.5, 0.6) is 5.75 Å². The third-order valence-electron chi connectivity index (χ3n) is 2.12. The topological polar surface area (TPSA) is 85.4 Å². The third kappa shape index (κ3) is 3.10. The molecule has 0 aliphatic carbocycles. The van der Waals surface area contributed by atoms with Crippen LogP contribution < -0.4 is 10.5 Å². The second kappa shape index (κ2) is 5.53. The molecule has 1 aromatic rings. The molecule has 1 heterocycles. The summed E-state index contributed by atoms with van der Waals surface area (Å²) >= 11 is 0. The predicted molar refractivity (Wildman–Crippen MR) is 55.0 cm³/mol. The lowest BCUT2D eigenvalue weighted by Crippen LogP contribution is -2.11. The Hall–Kier alpha value is -1.76. The van der Waals surface area contributed by atoms with E-state index in [-0.39, 0.29) is 18.0 Å². The molecule has 94 valence electrons. The Kier molecular flexibility index (Phi) is 4.33. The van der Waals surface area contributed by atoms with Gasteiger partial charge in [-0.1, -0.05) is 0 Å². The van der Waals surface area contributed by atoms with Crippen LogP contribution in [0.4, 0.5) is 8.78 Å². The number of rotatable bonds is 5. The van der Waals surface area contributed by atoms with Gasteiger partial charge in [0.2, 0.25) is 0 Å². The lowest BCUT2D eigenvalue weighted by atomic mass is 10.1. The average Bonchev–Trinajstić information content (AvgIpc) is 2.26. The van der Waals surface area contributed by atoms with Gasteiger partial charge in [-0.15, -0.1) is 0 Å². The Morgan fingerprint density at radius 3 is 2.71 bits per heavy atom. The van der Waals surface area contributed by atoms with Crippen LogP contribution in [0.3, 0.4) is 0 Å². The van der Waals surface area contributed by atoms with Crippen molar-refractivity contribution in [2.45, 2.75) is 19.4 Å². The molecule has 0 atom stereocenters. The van der Waals surface area contributed by atoms with Gasteiger partial charge in [0.05, 0.1) is 30.5 Å². The van der Waals surface area contributed by atoms with Crippen molar-refractivity contribution in [3.63, 3.8) is 0 Å². The van der Waals surface area contributed by atoms with E-state index in [1.807, 2.05) is 0 Å². The highest BCUT2D eigenvalue weighted by Crippen LogP contribution is 2.32. The van der Waals surface area contributed by atoms with Gasteiger partial charge in [0.1, 0.15) is 5.75 Å². The summed E-state index contributed by atoms with van der Waals surface area (Å²) in [5, 5.41) is 8.64. The van der Waals surface area contributed by atoms with E-state index in [4.69, 9.17) is 15.6 Å². The number of carboxylic acid groups (broad SMARTS) is 1. The van der Waals surface area contributed by atoms with Crippen molar-refractivity contribution in [3.8, 4) is 5.75 Å². The number of halogens is 2. The summed E-state index contributed by atoms with van der Waals surface area (Å²) in [6.45, 7) is 0.0203. The number of ether oxygens (including phenoxy) is 1. The maximum absolute atomic E-state index is 12.8. The van der Waals surface area contributed by atoms with Crippen molar-refractivity contribution in [3.05, 3.63) is 23.0 Å². The Balaban J connectivity index is 3.35. The molecule has 3 N–H and O–H groups in total. The standard InChI is InChI=1S/C10H12F2N2O3/c1-17-7-2-5(4-13)14-6(3-8(15)16)9(7)10(11)12/h2,10H,3-4,13H2,1H3,(H,15,16). The molecular weight excluding hydrogens is 234 g/mol. The Labute approximate surface area is 96.2 Å². The zero-order chi connectivity index (χ0) is 13.0. The zero-order valence-corrected chi connectivity index (χ0v) is 9.11. The van der Waals surface area contributed by atoms with Crippen molar-refractivity contribution in [2.24, 2.45) is 5.73 Å². The maximum Gasteiger partial charge on any atom is 0.309 e. The molecule has 0 aromatic carbocycles. The van der Waals surface area contributed by atoms with Gasteiger partial charge in [0, 0.05) is 12.6 Å². The molecule has 17 heavy (non-hydrogen) atoms. The highest BCUT2D eigenvalue weighted by Gasteiger charge is 2.22. The van der Waals surface area contributed by atoms with Gasteiger partial charge >= 0.3 is 5.97 Å².